The molecule has 0 fully saturated rings. The van der Waals surface area contributed by atoms with Crippen LogP contribution in [0.1, 0.15) is 17.3 Å². The van der Waals surface area contributed by atoms with Crippen molar-refractivity contribution in [3.63, 3.8) is 0 Å². The summed E-state index contributed by atoms with van der Waals surface area (Å²) in [7, 11) is -3.98. The van der Waals surface area contributed by atoms with Gasteiger partial charge >= 0.3 is 0 Å². The van der Waals surface area contributed by atoms with Crippen LogP contribution in [-0.4, -0.2) is 23.8 Å². The van der Waals surface area contributed by atoms with Crippen molar-refractivity contribution in [3.05, 3.63) is 89.5 Å². The van der Waals surface area contributed by atoms with E-state index in [1.807, 2.05) is 10.8 Å². The number of nitrogens with zero attached hydrogens (tertiary/aromatic N) is 2. The van der Waals surface area contributed by atoms with Crippen molar-refractivity contribution in [2.45, 2.75) is 17.5 Å². The van der Waals surface area contributed by atoms with E-state index in [1.54, 1.807) is 12.1 Å². The Kier molecular flexibility index (Phi) is 4.32. The zero-order valence-electron chi connectivity index (χ0n) is 14.0. The quantitative estimate of drug-likeness (QED) is 0.682. The number of hydrogen-bond donors (Lipinski definition) is 0. The molecule has 4 nitrogen and oxygen atoms in total. The molecule has 1 aliphatic heterocycles. The molecule has 0 saturated carbocycles. The lowest BCUT2D eigenvalue weighted by Crippen LogP contribution is -2.42. The zero-order chi connectivity index (χ0) is 19.2. The van der Waals surface area contributed by atoms with E-state index >= 15 is 0 Å². The molecule has 8 heteroatoms. The molecule has 4 rings (SSSR count). The van der Waals surface area contributed by atoms with Gasteiger partial charge in [0.25, 0.3) is 0 Å². The van der Waals surface area contributed by atoms with Crippen molar-refractivity contribution >= 4 is 10.0 Å². The first kappa shape index (κ1) is 17.8. The minimum atomic E-state index is -3.98. The van der Waals surface area contributed by atoms with E-state index in [4.69, 9.17) is 0 Å². The van der Waals surface area contributed by atoms with Crippen LogP contribution in [0.5, 0.6) is 0 Å². The summed E-state index contributed by atoms with van der Waals surface area (Å²) in [5, 5.41) is 0. The highest BCUT2D eigenvalue weighted by Crippen LogP contribution is 2.36. The fraction of sp³-hybridized carbons (Fsp3) is 0.158. The van der Waals surface area contributed by atoms with Gasteiger partial charge in [0.05, 0.1) is 10.9 Å². The van der Waals surface area contributed by atoms with Crippen molar-refractivity contribution in [2.75, 3.05) is 6.54 Å². The van der Waals surface area contributed by atoms with Gasteiger partial charge in [-0.25, -0.2) is 21.6 Å². The summed E-state index contributed by atoms with van der Waals surface area (Å²) in [6.07, 6.45) is 1.81. The van der Waals surface area contributed by atoms with Crippen LogP contribution >= 0.6 is 0 Å². The molecule has 0 N–H and O–H groups in total. The standard InChI is InChI=1S/C19H15F3N2O2S/c20-14-4-6-15(7-5-14)27(25,26)24-11-10-23-9-1-2-18(23)19(24)13-3-8-16(21)17(22)12-13/h1-9,12,19H,10-11H2/t19-/m0/s1. The van der Waals surface area contributed by atoms with Gasteiger partial charge in [0, 0.05) is 25.0 Å². The third-order valence-corrected chi connectivity index (χ3v) is 6.55. The van der Waals surface area contributed by atoms with Crippen LogP contribution < -0.4 is 0 Å². The van der Waals surface area contributed by atoms with Crippen LogP contribution in [0.15, 0.2) is 65.7 Å². The Balaban J connectivity index is 1.85. The number of fused-ring (bicyclic) bond motifs is 1. The molecular weight excluding hydrogens is 377 g/mol. The van der Waals surface area contributed by atoms with Gasteiger partial charge in [-0.05, 0) is 54.1 Å². The minimum absolute atomic E-state index is 0.0588. The van der Waals surface area contributed by atoms with Crippen LogP contribution in [0.3, 0.4) is 0 Å². The molecule has 0 aliphatic carbocycles. The number of hydrogen-bond acceptors (Lipinski definition) is 2. The van der Waals surface area contributed by atoms with E-state index in [1.165, 1.54) is 22.5 Å². The monoisotopic (exact) mass is 392 g/mol. The summed E-state index contributed by atoms with van der Waals surface area (Å²) in [4.78, 5) is -0.0588. The Hall–Kier alpha value is -2.58. The second-order valence-corrected chi connectivity index (χ2v) is 8.16. The summed E-state index contributed by atoms with van der Waals surface area (Å²) in [5.74, 6) is -2.59. The van der Waals surface area contributed by atoms with Crippen molar-refractivity contribution < 1.29 is 21.6 Å². The normalized spacial score (nSPS) is 17.7. The molecule has 1 aromatic heterocycles. The summed E-state index contributed by atoms with van der Waals surface area (Å²) < 4.78 is 69.9. The van der Waals surface area contributed by atoms with Crippen LogP contribution in [0.25, 0.3) is 0 Å². The predicted octanol–water partition coefficient (Wildman–Crippen LogP) is 3.70. The fourth-order valence-corrected chi connectivity index (χ4v) is 4.96. The van der Waals surface area contributed by atoms with Gasteiger partial charge < -0.3 is 4.57 Å². The maximum absolute atomic E-state index is 13.8. The average Bonchev–Trinajstić information content (AvgIpc) is 3.12. The molecule has 0 spiro atoms. The fourth-order valence-electron chi connectivity index (χ4n) is 3.38. The minimum Gasteiger partial charge on any atom is -0.348 e. The SMILES string of the molecule is O=S(=O)(c1ccc(F)cc1)N1CCn2cccc2[C@@H]1c1ccc(F)c(F)c1. The van der Waals surface area contributed by atoms with Gasteiger partial charge in [-0.1, -0.05) is 6.07 Å². The van der Waals surface area contributed by atoms with E-state index in [2.05, 4.69) is 0 Å². The summed E-state index contributed by atoms with van der Waals surface area (Å²) in [5.41, 5.74) is 0.970. The molecule has 0 saturated heterocycles. The molecular formula is C19H15F3N2O2S. The second-order valence-electron chi connectivity index (χ2n) is 6.27. The molecule has 2 heterocycles. The Morgan fingerprint density at radius 3 is 2.33 bits per heavy atom. The highest BCUT2D eigenvalue weighted by atomic mass is 32.2. The number of sulfonamides is 1. The number of rotatable bonds is 3. The number of benzene rings is 2. The van der Waals surface area contributed by atoms with Crippen LogP contribution in [0, 0.1) is 17.5 Å². The molecule has 27 heavy (non-hydrogen) atoms. The summed E-state index contributed by atoms with van der Waals surface area (Å²) in [6, 6.07) is 10.6. The molecule has 0 radical (unpaired) electrons. The Bertz CT molecular complexity index is 1090. The van der Waals surface area contributed by atoms with Gasteiger partial charge in [-0.2, -0.15) is 4.31 Å². The van der Waals surface area contributed by atoms with Crippen molar-refractivity contribution in [1.29, 1.82) is 0 Å². The van der Waals surface area contributed by atoms with Gasteiger partial charge in [-0.3, -0.25) is 0 Å². The average molecular weight is 392 g/mol. The Morgan fingerprint density at radius 2 is 1.63 bits per heavy atom. The molecule has 0 amide bonds. The maximum Gasteiger partial charge on any atom is 0.244 e. The molecule has 0 bridgehead atoms. The molecule has 1 aliphatic rings. The lowest BCUT2D eigenvalue weighted by atomic mass is 10.0. The lowest BCUT2D eigenvalue weighted by Gasteiger charge is -2.36. The largest absolute Gasteiger partial charge is 0.348 e. The van der Waals surface area contributed by atoms with Crippen LogP contribution in [0.2, 0.25) is 0 Å². The maximum atomic E-state index is 13.8. The van der Waals surface area contributed by atoms with E-state index in [0.29, 0.717) is 17.8 Å². The van der Waals surface area contributed by atoms with Crippen molar-refractivity contribution in [2.24, 2.45) is 0 Å². The lowest BCUT2D eigenvalue weighted by molar-refractivity contribution is 0.297. The van der Waals surface area contributed by atoms with E-state index in [-0.39, 0.29) is 11.4 Å². The first-order valence-electron chi connectivity index (χ1n) is 8.25. The molecule has 1 atom stereocenters. The number of aromatic nitrogens is 1. The third kappa shape index (κ3) is 3.04. The predicted molar refractivity (Wildman–Crippen MR) is 92.9 cm³/mol. The highest BCUT2D eigenvalue weighted by molar-refractivity contribution is 7.89. The van der Waals surface area contributed by atoms with Crippen molar-refractivity contribution in [3.8, 4) is 0 Å². The smallest absolute Gasteiger partial charge is 0.244 e. The molecule has 140 valence electrons. The topological polar surface area (TPSA) is 42.3 Å². The van der Waals surface area contributed by atoms with E-state index in [0.717, 1.165) is 24.3 Å². The number of halogens is 3. The second kappa shape index (κ2) is 6.54. The van der Waals surface area contributed by atoms with Crippen LogP contribution in [0.4, 0.5) is 13.2 Å². The summed E-state index contributed by atoms with van der Waals surface area (Å²) in [6.45, 7) is 0.563. The third-order valence-electron chi connectivity index (χ3n) is 4.67. The van der Waals surface area contributed by atoms with Crippen LogP contribution in [-0.2, 0) is 16.6 Å². The first-order chi connectivity index (χ1) is 12.9. The van der Waals surface area contributed by atoms with Gasteiger partial charge in [0.1, 0.15) is 5.82 Å². The molecule has 2 aromatic carbocycles. The van der Waals surface area contributed by atoms with Crippen molar-refractivity contribution in [1.82, 2.24) is 8.87 Å². The first-order valence-corrected chi connectivity index (χ1v) is 9.69. The summed E-state index contributed by atoms with van der Waals surface area (Å²) >= 11 is 0. The molecule has 0 unspecified atom stereocenters. The Labute approximate surface area is 154 Å². The zero-order valence-corrected chi connectivity index (χ0v) is 14.8. The van der Waals surface area contributed by atoms with E-state index < -0.39 is 33.5 Å². The molecule has 3 aromatic rings. The van der Waals surface area contributed by atoms with Gasteiger partial charge in [-0.15, -0.1) is 0 Å². The van der Waals surface area contributed by atoms with Gasteiger partial charge in [0.2, 0.25) is 10.0 Å². The van der Waals surface area contributed by atoms with E-state index in [9.17, 15) is 21.6 Å². The van der Waals surface area contributed by atoms with Gasteiger partial charge in [0.15, 0.2) is 11.6 Å². The Morgan fingerprint density at radius 1 is 0.889 bits per heavy atom. The highest BCUT2D eigenvalue weighted by Gasteiger charge is 2.37.